The van der Waals surface area contributed by atoms with E-state index in [1.165, 1.54) is 0 Å². The molecule has 1 aromatic rings. The second-order valence-corrected chi connectivity index (χ2v) is 2.11. The summed E-state index contributed by atoms with van der Waals surface area (Å²) in [6, 6.07) is 1.92. The highest BCUT2D eigenvalue weighted by atomic mass is 15.1. The molecule has 0 radical (unpaired) electrons. The average Bonchev–Trinajstić information content (AvgIpc) is 2.05. The second kappa shape index (κ2) is 2.10. The molecule has 0 amide bonds. The van der Waals surface area contributed by atoms with Gasteiger partial charge in [0, 0.05) is 6.54 Å². The fourth-order valence-electron chi connectivity index (χ4n) is 0.955. The Labute approximate surface area is 58.8 Å². The van der Waals surface area contributed by atoms with Crippen LogP contribution in [-0.2, 0) is 0 Å². The molecular weight excluding hydrogens is 126 g/mol. The first kappa shape index (κ1) is 5.41. The van der Waals surface area contributed by atoms with Crippen LogP contribution in [0.15, 0.2) is 18.3 Å². The van der Waals surface area contributed by atoms with E-state index in [1.807, 2.05) is 18.2 Å². The maximum absolute atomic E-state index is 3.92. The minimum absolute atomic E-state index is 0.888. The largest absolute Gasteiger partial charge is 0.380 e. The van der Waals surface area contributed by atoms with Crippen molar-refractivity contribution in [3.8, 4) is 0 Å². The molecule has 0 unspecified atom stereocenters. The molecule has 3 heteroatoms. The van der Waals surface area contributed by atoms with E-state index >= 15 is 0 Å². The van der Waals surface area contributed by atoms with E-state index in [4.69, 9.17) is 0 Å². The Morgan fingerprint density at radius 3 is 3.40 bits per heavy atom. The lowest BCUT2D eigenvalue weighted by Gasteiger charge is -2.09. The molecule has 0 spiro atoms. The van der Waals surface area contributed by atoms with Crippen LogP contribution in [0.1, 0.15) is 5.69 Å². The van der Waals surface area contributed by atoms with E-state index in [0.29, 0.717) is 0 Å². The van der Waals surface area contributed by atoms with Crippen LogP contribution < -0.4 is 5.32 Å². The molecule has 1 aromatic heterocycles. The zero-order valence-corrected chi connectivity index (χ0v) is 5.41. The third kappa shape index (κ3) is 0.757. The summed E-state index contributed by atoms with van der Waals surface area (Å²) in [6.45, 7) is 0.888. The molecule has 0 fully saturated rings. The van der Waals surface area contributed by atoms with E-state index in [-0.39, 0.29) is 0 Å². The number of nitrogens with zero attached hydrogens (tertiary/aromatic N) is 2. The Morgan fingerprint density at radius 2 is 2.50 bits per heavy atom. The van der Waals surface area contributed by atoms with Crippen LogP contribution in [0.25, 0.3) is 6.08 Å². The number of anilines is 1. The van der Waals surface area contributed by atoms with Gasteiger partial charge in [-0.25, -0.2) is 0 Å². The van der Waals surface area contributed by atoms with Gasteiger partial charge in [0.15, 0.2) is 0 Å². The quantitative estimate of drug-likeness (QED) is 0.571. The molecule has 0 atom stereocenters. The third-order valence-corrected chi connectivity index (χ3v) is 1.44. The normalized spacial score (nSPS) is 14.0. The smallest absolute Gasteiger partial charge is 0.109 e. The molecule has 50 valence electrons. The monoisotopic (exact) mass is 133 g/mol. The molecule has 0 aromatic carbocycles. The predicted molar refractivity (Wildman–Crippen MR) is 39.6 cm³/mol. The number of nitrogens with one attached hydrogen (secondary N) is 1. The molecule has 2 heterocycles. The van der Waals surface area contributed by atoms with Crippen molar-refractivity contribution in [2.75, 3.05) is 11.9 Å². The van der Waals surface area contributed by atoms with Gasteiger partial charge in [-0.15, -0.1) is 5.10 Å². The van der Waals surface area contributed by atoms with Crippen LogP contribution in [0, 0.1) is 0 Å². The average molecular weight is 133 g/mol. The molecule has 0 saturated carbocycles. The van der Waals surface area contributed by atoms with Gasteiger partial charge in [0.1, 0.15) is 5.69 Å². The first-order valence-electron chi connectivity index (χ1n) is 3.19. The molecule has 1 N–H and O–H groups in total. The fraction of sp³-hybridized carbons (Fsp3) is 0.143. The molecule has 1 aliphatic rings. The molecule has 0 aliphatic carbocycles. The number of aromatic nitrogens is 2. The number of hydrogen-bond donors (Lipinski definition) is 1. The molecular formula is C7H7N3. The van der Waals surface area contributed by atoms with Gasteiger partial charge < -0.3 is 5.32 Å². The summed E-state index contributed by atoms with van der Waals surface area (Å²) in [5, 5.41) is 10.8. The summed E-state index contributed by atoms with van der Waals surface area (Å²) < 4.78 is 0. The third-order valence-electron chi connectivity index (χ3n) is 1.44. The lowest BCUT2D eigenvalue weighted by molar-refractivity contribution is 1.01. The zero-order valence-electron chi connectivity index (χ0n) is 5.41. The molecule has 1 aliphatic heterocycles. The minimum atomic E-state index is 0.888. The van der Waals surface area contributed by atoms with Crippen LogP contribution in [0.3, 0.4) is 0 Å². The number of hydrogen-bond acceptors (Lipinski definition) is 3. The van der Waals surface area contributed by atoms with Crippen LogP contribution in [0.5, 0.6) is 0 Å². The summed E-state index contributed by atoms with van der Waals surface area (Å²) in [5.74, 6) is 0. The lowest BCUT2D eigenvalue weighted by atomic mass is 10.2. The van der Waals surface area contributed by atoms with Crippen LogP contribution in [-0.4, -0.2) is 16.7 Å². The maximum Gasteiger partial charge on any atom is 0.109 e. The zero-order chi connectivity index (χ0) is 6.81. The van der Waals surface area contributed by atoms with E-state index in [1.54, 1.807) is 6.20 Å². The minimum Gasteiger partial charge on any atom is -0.380 e. The van der Waals surface area contributed by atoms with Gasteiger partial charge in [0.05, 0.1) is 11.9 Å². The molecule has 0 saturated heterocycles. The summed E-state index contributed by atoms with van der Waals surface area (Å²) in [7, 11) is 0. The SMILES string of the molecule is C1=Cc2nnccc2NC1. The van der Waals surface area contributed by atoms with Crippen LogP contribution >= 0.6 is 0 Å². The van der Waals surface area contributed by atoms with Crippen molar-refractivity contribution < 1.29 is 0 Å². The van der Waals surface area contributed by atoms with Gasteiger partial charge in [0.2, 0.25) is 0 Å². The maximum atomic E-state index is 3.92. The second-order valence-electron chi connectivity index (χ2n) is 2.11. The first-order valence-corrected chi connectivity index (χ1v) is 3.19. The van der Waals surface area contributed by atoms with Crippen molar-refractivity contribution in [3.05, 3.63) is 24.0 Å². The van der Waals surface area contributed by atoms with Gasteiger partial charge in [-0.3, -0.25) is 0 Å². The summed E-state index contributed by atoms with van der Waals surface area (Å²) in [5.41, 5.74) is 1.99. The van der Waals surface area contributed by atoms with E-state index in [9.17, 15) is 0 Å². The van der Waals surface area contributed by atoms with Crippen molar-refractivity contribution >= 4 is 11.8 Å². The van der Waals surface area contributed by atoms with Gasteiger partial charge >= 0.3 is 0 Å². The highest BCUT2D eigenvalue weighted by Gasteiger charge is 2.01. The van der Waals surface area contributed by atoms with Crippen molar-refractivity contribution in [2.45, 2.75) is 0 Å². The Balaban J connectivity index is 2.54. The molecule has 3 nitrogen and oxygen atoms in total. The number of fused-ring (bicyclic) bond motifs is 1. The number of rotatable bonds is 0. The molecule has 0 bridgehead atoms. The topological polar surface area (TPSA) is 37.8 Å². The van der Waals surface area contributed by atoms with Gasteiger partial charge in [-0.1, -0.05) is 6.08 Å². The van der Waals surface area contributed by atoms with Gasteiger partial charge in [-0.05, 0) is 12.1 Å². The highest BCUT2D eigenvalue weighted by molar-refractivity contribution is 5.65. The van der Waals surface area contributed by atoms with Crippen molar-refractivity contribution in [1.82, 2.24) is 10.2 Å². The summed E-state index contributed by atoms with van der Waals surface area (Å²) >= 11 is 0. The van der Waals surface area contributed by atoms with E-state index in [2.05, 4.69) is 15.5 Å². The first-order chi connectivity index (χ1) is 4.97. The summed E-state index contributed by atoms with van der Waals surface area (Å²) in [4.78, 5) is 0. The van der Waals surface area contributed by atoms with Crippen molar-refractivity contribution in [2.24, 2.45) is 0 Å². The Hall–Kier alpha value is -1.38. The molecule has 2 rings (SSSR count). The Bertz CT molecular complexity index is 267. The Kier molecular flexibility index (Phi) is 1.13. The van der Waals surface area contributed by atoms with Crippen molar-refractivity contribution in [1.29, 1.82) is 0 Å². The van der Waals surface area contributed by atoms with E-state index < -0.39 is 0 Å². The predicted octanol–water partition coefficient (Wildman–Crippen LogP) is 0.915. The van der Waals surface area contributed by atoms with Gasteiger partial charge in [0.25, 0.3) is 0 Å². The fourth-order valence-corrected chi connectivity index (χ4v) is 0.955. The summed E-state index contributed by atoms with van der Waals surface area (Å²) in [6.07, 6.45) is 5.68. The Morgan fingerprint density at radius 1 is 1.50 bits per heavy atom. The van der Waals surface area contributed by atoms with Crippen LogP contribution in [0.4, 0.5) is 5.69 Å². The lowest BCUT2D eigenvalue weighted by Crippen LogP contribution is -2.05. The molecule has 10 heavy (non-hydrogen) atoms. The van der Waals surface area contributed by atoms with E-state index in [0.717, 1.165) is 17.9 Å². The highest BCUT2D eigenvalue weighted by Crippen LogP contribution is 2.15. The van der Waals surface area contributed by atoms with Gasteiger partial charge in [-0.2, -0.15) is 5.10 Å². The standard InChI is InChI=1S/C7H7N3/c1-2-7-6(8-4-1)3-5-9-10-7/h1-3,5,8H,4H2. The van der Waals surface area contributed by atoms with Crippen LogP contribution in [0.2, 0.25) is 0 Å². The van der Waals surface area contributed by atoms with Crippen molar-refractivity contribution in [3.63, 3.8) is 0 Å².